The van der Waals surface area contributed by atoms with Gasteiger partial charge in [-0.1, -0.05) is 12.1 Å². The van der Waals surface area contributed by atoms with Crippen LogP contribution in [-0.4, -0.2) is 78.9 Å². The first-order valence-electron chi connectivity index (χ1n) is 12.1. The Morgan fingerprint density at radius 3 is 2.41 bits per heavy atom. The molecule has 0 N–H and O–H groups in total. The van der Waals surface area contributed by atoms with Crippen LogP contribution in [0.1, 0.15) is 24.6 Å². The molecule has 6 nitrogen and oxygen atoms in total. The summed E-state index contributed by atoms with van der Waals surface area (Å²) in [6.45, 7) is 9.17. The van der Waals surface area contributed by atoms with Gasteiger partial charge in [-0.25, -0.2) is 0 Å². The molecule has 4 heterocycles. The van der Waals surface area contributed by atoms with Crippen LogP contribution >= 0.6 is 0 Å². The number of hydrogen-bond donors (Lipinski definition) is 0. The average molecular weight is 432 g/mol. The molecule has 168 valence electrons. The number of hydrogen-bond acceptors (Lipinski definition) is 5. The quantitative estimate of drug-likeness (QED) is 0.617. The first kappa shape index (κ1) is 20.2. The van der Waals surface area contributed by atoms with Gasteiger partial charge < -0.3 is 19.1 Å². The Labute approximate surface area is 190 Å². The molecule has 0 bridgehead atoms. The number of nitrogens with zero attached hydrogens (tertiary/aromatic N) is 5. The van der Waals surface area contributed by atoms with E-state index < -0.39 is 0 Å². The topological polar surface area (TPSA) is 36.8 Å². The molecule has 3 aromatic rings. The van der Waals surface area contributed by atoms with Gasteiger partial charge in [-0.3, -0.25) is 9.88 Å². The molecule has 2 aromatic heterocycles. The van der Waals surface area contributed by atoms with Crippen LogP contribution in [0.4, 0.5) is 5.69 Å². The zero-order valence-electron chi connectivity index (χ0n) is 19.0. The van der Waals surface area contributed by atoms with Crippen LogP contribution in [0.3, 0.4) is 0 Å². The van der Waals surface area contributed by atoms with E-state index in [2.05, 4.69) is 62.7 Å². The number of benzene rings is 1. The van der Waals surface area contributed by atoms with E-state index in [1.807, 2.05) is 6.20 Å². The first-order valence-corrected chi connectivity index (χ1v) is 12.1. The van der Waals surface area contributed by atoms with Crippen molar-refractivity contribution in [1.82, 2.24) is 19.4 Å². The van der Waals surface area contributed by atoms with Crippen molar-refractivity contribution in [3.8, 4) is 11.3 Å². The molecule has 3 aliphatic rings. The lowest BCUT2D eigenvalue weighted by Gasteiger charge is -2.34. The predicted molar refractivity (Wildman–Crippen MR) is 129 cm³/mol. The second kappa shape index (κ2) is 8.50. The first-order chi connectivity index (χ1) is 15.8. The lowest BCUT2D eigenvalue weighted by molar-refractivity contribution is 0.0332. The van der Waals surface area contributed by atoms with Gasteiger partial charge in [-0.15, -0.1) is 0 Å². The van der Waals surface area contributed by atoms with Crippen LogP contribution < -0.4 is 4.90 Å². The minimum Gasteiger partial charge on any atom is -0.379 e. The largest absolute Gasteiger partial charge is 0.379 e. The third-order valence-corrected chi connectivity index (χ3v) is 7.26. The van der Waals surface area contributed by atoms with Gasteiger partial charge in [0.1, 0.15) is 0 Å². The average Bonchev–Trinajstić information content (AvgIpc) is 3.60. The maximum atomic E-state index is 5.56. The van der Waals surface area contributed by atoms with Gasteiger partial charge in [-0.05, 0) is 44.2 Å². The van der Waals surface area contributed by atoms with E-state index in [9.17, 15) is 0 Å². The van der Waals surface area contributed by atoms with Crippen LogP contribution in [0.5, 0.6) is 0 Å². The number of aromatic nitrogens is 2. The smallest absolute Gasteiger partial charge is 0.0795 e. The Morgan fingerprint density at radius 2 is 1.69 bits per heavy atom. The summed E-state index contributed by atoms with van der Waals surface area (Å²) in [4.78, 5) is 12.3. The summed E-state index contributed by atoms with van der Waals surface area (Å²) in [5.41, 5.74) is 6.39. The monoisotopic (exact) mass is 431 g/mol. The molecular weight excluding hydrogens is 398 g/mol. The summed E-state index contributed by atoms with van der Waals surface area (Å²) in [5, 5.41) is 1.29. The molecule has 1 aliphatic carbocycles. The van der Waals surface area contributed by atoms with Gasteiger partial charge in [-0.2, -0.15) is 0 Å². The number of anilines is 1. The Bertz CT molecular complexity index is 1070. The molecule has 6 rings (SSSR count). The van der Waals surface area contributed by atoms with Gasteiger partial charge in [0.15, 0.2) is 0 Å². The van der Waals surface area contributed by atoms with Crippen molar-refractivity contribution in [2.45, 2.75) is 25.4 Å². The molecule has 2 saturated heterocycles. The number of likely N-dealkylation sites (N-methyl/N-ethyl adjacent to an activating group) is 1. The fourth-order valence-corrected chi connectivity index (χ4v) is 5.21. The third kappa shape index (κ3) is 3.91. The number of piperazine rings is 1. The summed E-state index contributed by atoms with van der Waals surface area (Å²) in [6, 6.07) is 14.3. The summed E-state index contributed by atoms with van der Waals surface area (Å²) in [6.07, 6.45) is 4.57. The second-order valence-electron chi connectivity index (χ2n) is 9.55. The van der Waals surface area contributed by atoms with E-state index in [0.29, 0.717) is 6.04 Å². The molecule has 6 heteroatoms. The number of pyridine rings is 1. The summed E-state index contributed by atoms with van der Waals surface area (Å²) >= 11 is 0. The van der Waals surface area contributed by atoms with Crippen molar-refractivity contribution in [3.63, 3.8) is 0 Å². The highest BCUT2D eigenvalue weighted by Gasteiger charge is 2.29. The maximum absolute atomic E-state index is 5.56. The van der Waals surface area contributed by atoms with E-state index in [0.717, 1.165) is 64.7 Å². The number of morpholine rings is 1. The molecule has 1 saturated carbocycles. The highest BCUT2D eigenvalue weighted by atomic mass is 16.5. The Kier molecular flexibility index (Phi) is 5.37. The third-order valence-electron chi connectivity index (χ3n) is 7.26. The van der Waals surface area contributed by atoms with E-state index >= 15 is 0 Å². The SMILES string of the molecule is CN1CCN(c2ccc(-c3nccc4c3cc(CN3CCOCC3)n4C3CC3)cc2)CC1. The minimum absolute atomic E-state index is 0.651. The molecule has 0 spiro atoms. The highest BCUT2D eigenvalue weighted by Crippen LogP contribution is 2.41. The normalized spacial score (nSPS) is 20.8. The van der Waals surface area contributed by atoms with Gasteiger partial charge in [0.25, 0.3) is 0 Å². The van der Waals surface area contributed by atoms with Crippen LogP contribution in [0, 0.1) is 0 Å². The van der Waals surface area contributed by atoms with Crippen LogP contribution in [0.2, 0.25) is 0 Å². The van der Waals surface area contributed by atoms with Crippen LogP contribution in [0.25, 0.3) is 22.2 Å². The predicted octanol–water partition coefficient (Wildman–Crippen LogP) is 3.62. The molecule has 32 heavy (non-hydrogen) atoms. The van der Waals surface area contributed by atoms with Crippen LogP contribution in [-0.2, 0) is 11.3 Å². The van der Waals surface area contributed by atoms with E-state index in [1.54, 1.807) is 0 Å². The summed E-state index contributed by atoms with van der Waals surface area (Å²) in [7, 11) is 2.20. The summed E-state index contributed by atoms with van der Waals surface area (Å²) in [5.74, 6) is 0. The molecular formula is C26H33N5O. The second-order valence-corrected chi connectivity index (χ2v) is 9.55. The molecule has 0 radical (unpaired) electrons. The molecule has 0 unspecified atom stereocenters. The van der Waals surface area contributed by atoms with Gasteiger partial charge in [0.05, 0.1) is 24.4 Å². The van der Waals surface area contributed by atoms with Crippen molar-refractivity contribution < 1.29 is 4.74 Å². The number of ether oxygens (including phenoxy) is 1. The molecule has 3 fully saturated rings. The fourth-order valence-electron chi connectivity index (χ4n) is 5.21. The van der Waals surface area contributed by atoms with Crippen molar-refractivity contribution in [3.05, 3.63) is 48.3 Å². The van der Waals surface area contributed by atoms with E-state index in [-0.39, 0.29) is 0 Å². The van der Waals surface area contributed by atoms with Gasteiger partial charge in [0.2, 0.25) is 0 Å². The number of fused-ring (bicyclic) bond motifs is 1. The zero-order valence-corrected chi connectivity index (χ0v) is 19.0. The molecule has 1 aromatic carbocycles. The van der Waals surface area contributed by atoms with Crippen molar-refractivity contribution in [2.24, 2.45) is 0 Å². The van der Waals surface area contributed by atoms with Crippen molar-refractivity contribution in [2.75, 3.05) is 64.4 Å². The highest BCUT2D eigenvalue weighted by molar-refractivity contribution is 5.94. The molecule has 0 atom stereocenters. The van der Waals surface area contributed by atoms with E-state index in [4.69, 9.17) is 9.72 Å². The minimum atomic E-state index is 0.651. The van der Waals surface area contributed by atoms with Gasteiger partial charge >= 0.3 is 0 Å². The van der Waals surface area contributed by atoms with E-state index in [1.165, 1.54) is 40.7 Å². The van der Waals surface area contributed by atoms with Crippen molar-refractivity contribution >= 4 is 16.6 Å². The Hall–Kier alpha value is -2.41. The lowest BCUT2D eigenvalue weighted by atomic mass is 10.1. The van der Waals surface area contributed by atoms with Crippen molar-refractivity contribution in [1.29, 1.82) is 0 Å². The Morgan fingerprint density at radius 1 is 0.938 bits per heavy atom. The van der Waals surface area contributed by atoms with Gasteiger partial charge in [0, 0.05) is 80.4 Å². The molecule has 0 amide bonds. The Balaban J connectivity index is 1.32. The molecule has 2 aliphatic heterocycles. The fraction of sp³-hybridized carbons (Fsp3) is 0.500. The number of rotatable bonds is 5. The maximum Gasteiger partial charge on any atom is 0.0795 e. The summed E-state index contributed by atoms with van der Waals surface area (Å²) < 4.78 is 8.15. The zero-order chi connectivity index (χ0) is 21.5. The van der Waals surface area contributed by atoms with Crippen LogP contribution in [0.15, 0.2) is 42.6 Å². The standard InChI is InChI=1S/C26H33N5O/c1-28-10-12-30(13-11-28)21-4-2-20(3-5-21)26-24-18-23(19-29-14-16-32-17-15-29)31(22-6-7-22)25(24)8-9-27-26/h2-5,8-9,18,22H,6-7,10-17,19H2,1H3. The lowest BCUT2D eigenvalue weighted by Crippen LogP contribution is -2.44.